The monoisotopic (exact) mass is 1930 g/mol. The minimum Gasteiger partial charge on any atom is -0.512 e. The van der Waals surface area contributed by atoms with Gasteiger partial charge in [-0.25, -0.2) is 29.9 Å². The molecule has 0 fully saturated rings. The van der Waals surface area contributed by atoms with Crippen molar-refractivity contribution >= 4 is 27.3 Å². The Morgan fingerprint density at radius 2 is 0.583 bits per heavy atom. The molecule has 4 aromatic heterocycles. The number of pyridine rings is 2. The van der Waals surface area contributed by atoms with Gasteiger partial charge < -0.3 is 15.1 Å². The maximum absolute atomic E-state index is 8.40. The molecule has 0 spiro atoms. The Morgan fingerprint density at radius 3 is 0.892 bits per heavy atom. The zero-order valence-corrected chi connectivity index (χ0v) is 77.1. The third-order valence-electron chi connectivity index (χ3n) is 24.1. The van der Waals surface area contributed by atoms with Crippen LogP contribution in [0.4, 0.5) is 0 Å². The second-order valence-electron chi connectivity index (χ2n) is 37.7. The molecule has 0 bridgehead atoms. The van der Waals surface area contributed by atoms with Gasteiger partial charge in [-0.1, -0.05) is 353 Å². The van der Waals surface area contributed by atoms with Crippen molar-refractivity contribution in [1.82, 2.24) is 39.9 Å². The van der Waals surface area contributed by atoms with Crippen LogP contribution in [0.2, 0.25) is 0 Å². The third kappa shape index (κ3) is 16.1. The van der Waals surface area contributed by atoms with Crippen LogP contribution in [0.15, 0.2) is 255 Å². The number of fused-ring (bicyclic) bond motifs is 11. The molecule has 12 heteroatoms. The largest absolute Gasteiger partial charge is 0.512 e. The van der Waals surface area contributed by atoms with E-state index in [-0.39, 0.29) is 89.7 Å². The average molecular weight is 1930 g/mol. The van der Waals surface area contributed by atoms with E-state index in [4.69, 9.17) is 49.8 Å². The van der Waals surface area contributed by atoms with E-state index in [1.54, 1.807) is 0 Å². The first-order chi connectivity index (χ1) is 55.9. The van der Waals surface area contributed by atoms with Crippen molar-refractivity contribution < 1.29 is 50.1 Å². The van der Waals surface area contributed by atoms with Gasteiger partial charge in [-0.15, -0.1) is 58.7 Å². The van der Waals surface area contributed by atoms with Crippen LogP contribution >= 0.6 is 0 Å². The Balaban J connectivity index is 0.000000181. The van der Waals surface area contributed by atoms with Gasteiger partial charge >= 0.3 is 5.78 Å². The molecule has 3 aliphatic carbocycles. The SMILES string of the molecule is CC(=[OH+])C=C(C)O.CC(C)(C)c1ccc(-c2nc(-c3ccc(C(C)(C)C)cc3)nc(-c3cnc(-c4[c-]cc5c(c4)C(C)(C)c4cc6c(cc4-5)C(C)(C)c4ccccc4-6)c4ccccc34)n2)cc1.CC(C)(C)c1ccc(-c2nc(-c3ccc(C(C)(C)C)cc3)nc(-c3cnc(-c4[c-]cc5c(c4)C(C)(C)c4ccccc4-5)c4ccccc34)n2)cc1.[Ir].[Ir]. The zero-order valence-electron chi connectivity index (χ0n) is 72.3. The van der Waals surface area contributed by atoms with Crippen LogP contribution in [-0.2, 0) is 78.1 Å². The van der Waals surface area contributed by atoms with Gasteiger partial charge in [-0.05, 0) is 128 Å². The van der Waals surface area contributed by atoms with Crippen molar-refractivity contribution in [3.05, 3.63) is 323 Å². The summed E-state index contributed by atoms with van der Waals surface area (Å²) < 4.78 is 0. The van der Waals surface area contributed by atoms with E-state index in [2.05, 4.69) is 367 Å². The molecular formula is C108H103Ir2N8O2-. The maximum Gasteiger partial charge on any atom is 0.316 e. The molecule has 0 amide bonds. The van der Waals surface area contributed by atoms with Gasteiger partial charge in [-0.3, -0.25) is 4.79 Å². The Kier molecular flexibility index (Phi) is 22.8. The van der Waals surface area contributed by atoms with Crippen molar-refractivity contribution in [3.63, 3.8) is 0 Å². The van der Waals surface area contributed by atoms with Crippen LogP contribution in [0.3, 0.4) is 0 Å². The second kappa shape index (κ2) is 32.1. The van der Waals surface area contributed by atoms with Crippen LogP contribution in [0.1, 0.15) is 194 Å². The quantitative estimate of drug-likeness (QED) is 0.0646. The smallest absolute Gasteiger partial charge is 0.316 e. The predicted octanol–water partition coefficient (Wildman–Crippen LogP) is 26.9. The van der Waals surface area contributed by atoms with Crippen LogP contribution < -0.4 is 0 Å². The van der Waals surface area contributed by atoms with Gasteiger partial charge in [0.2, 0.25) is 0 Å². The first-order valence-corrected chi connectivity index (χ1v) is 41.1. The van der Waals surface area contributed by atoms with Crippen molar-refractivity contribution in [3.8, 4) is 124 Å². The minimum atomic E-state index is -0.200. The summed E-state index contributed by atoms with van der Waals surface area (Å²) in [6.45, 7) is 43.8. The Morgan fingerprint density at radius 1 is 0.317 bits per heavy atom. The molecule has 0 atom stereocenters. The standard InChI is InChI=1S/C56H51N4.C47H43N4.C5H8O2.2Ir/c1-53(2,3)36-24-19-33(20-25-36)50-58-51(34-21-26-37(27-22-34)54(4,5)6)60-52(59-50)44-32-57-49(41-17-12-11-15-38(41)44)35-23-28-40-43-31-47-42(30-48(43)56(9,10)46(40)29-35)39-16-13-14-18-45(39)55(47,7)8;1-45(2,3)32-22-17-29(18-23-32)42-49-43(30-19-24-33(25-20-30)46(4,5)6)51-44(50-42)38-28-48-41(37-15-10-9-13-34(37)38)31-21-26-36-35-14-11-12-16-39(35)47(7,8)40(36)27-31;1-4(6)3-5(2)7;;/h11-22,24-32H,1-10H3;9-20,22-28H,1-8H3;3,6H,1-2H3;;/q2*-1;;;/p+1. The van der Waals surface area contributed by atoms with E-state index < -0.39 is 0 Å². The van der Waals surface area contributed by atoms with Gasteiger partial charge in [0.05, 0.1) is 18.8 Å². The van der Waals surface area contributed by atoms with Crippen LogP contribution in [0.25, 0.3) is 146 Å². The molecule has 4 heterocycles. The average Bonchev–Trinajstić information content (AvgIpc) is 1.53. The minimum absolute atomic E-state index is 0. The molecule has 606 valence electrons. The molecule has 10 nitrogen and oxygen atoms in total. The van der Waals surface area contributed by atoms with Gasteiger partial charge in [-0.2, -0.15) is 0 Å². The Hall–Kier alpha value is -11.2. The van der Waals surface area contributed by atoms with Gasteiger partial charge in [0.1, 0.15) is 0 Å². The zero-order chi connectivity index (χ0) is 83.5. The first-order valence-electron chi connectivity index (χ1n) is 41.1. The number of carbonyl (C=O) groups excluding carboxylic acids is 1. The molecule has 2 radical (unpaired) electrons. The number of benzene rings is 11. The van der Waals surface area contributed by atoms with Crippen molar-refractivity contribution in [1.29, 1.82) is 0 Å². The number of nitrogens with zero attached hydrogens (tertiary/aromatic N) is 8. The topological polar surface area (TPSA) is 145 Å². The fraction of sp³-hybridized carbons (Fsp3) is 0.250. The number of hydrogen-bond donors (Lipinski definition) is 1. The summed E-state index contributed by atoms with van der Waals surface area (Å²) in [5.74, 6) is 3.98. The van der Waals surface area contributed by atoms with Crippen LogP contribution in [-0.4, -0.2) is 55.6 Å². The summed E-state index contributed by atoms with van der Waals surface area (Å²) in [5, 5.41) is 12.5. The van der Waals surface area contributed by atoms with Crippen LogP contribution in [0.5, 0.6) is 0 Å². The van der Waals surface area contributed by atoms with Crippen molar-refractivity contribution in [2.75, 3.05) is 0 Å². The summed E-state index contributed by atoms with van der Waals surface area (Å²) in [6, 6.07) is 90.1. The third-order valence-corrected chi connectivity index (χ3v) is 24.1. The number of allylic oxidation sites excluding steroid dienone is 2. The first kappa shape index (κ1) is 85.2. The molecule has 0 saturated heterocycles. The summed E-state index contributed by atoms with van der Waals surface area (Å²) in [4.78, 5) is 49.5. The Bertz CT molecular complexity index is 6370. The maximum atomic E-state index is 8.40. The molecule has 15 aromatic rings. The number of hydrogen-bond acceptors (Lipinski definition) is 9. The molecule has 0 saturated carbocycles. The van der Waals surface area contributed by atoms with E-state index in [1.807, 2.05) is 12.4 Å². The molecule has 3 aliphatic rings. The number of aliphatic hydroxyl groups excluding tert-OH is 1. The van der Waals surface area contributed by atoms with Gasteiger partial charge in [0, 0.05) is 91.4 Å². The fourth-order valence-corrected chi connectivity index (χ4v) is 17.2. The number of ketones is 1. The molecule has 120 heavy (non-hydrogen) atoms. The van der Waals surface area contributed by atoms with Crippen molar-refractivity contribution in [2.24, 2.45) is 0 Å². The molecule has 18 rings (SSSR count). The van der Waals surface area contributed by atoms with E-state index in [9.17, 15) is 0 Å². The summed E-state index contributed by atoms with van der Waals surface area (Å²) in [6.07, 6.45) is 5.14. The number of rotatable bonds is 9. The van der Waals surface area contributed by atoms with Crippen molar-refractivity contribution in [2.45, 2.75) is 176 Å². The van der Waals surface area contributed by atoms with E-state index in [0.29, 0.717) is 34.9 Å². The molecule has 11 aromatic carbocycles. The van der Waals surface area contributed by atoms with Gasteiger partial charge in [0.25, 0.3) is 0 Å². The van der Waals surface area contributed by atoms with E-state index in [0.717, 1.165) is 77.4 Å². The Labute approximate surface area is 734 Å². The molecular weight excluding hydrogens is 1830 g/mol. The van der Waals surface area contributed by atoms with E-state index >= 15 is 0 Å². The van der Waals surface area contributed by atoms with Gasteiger partial charge in [0.15, 0.2) is 34.9 Å². The second-order valence-corrected chi connectivity index (χ2v) is 37.7. The summed E-state index contributed by atoms with van der Waals surface area (Å²) in [7, 11) is 0. The molecule has 0 aliphatic heterocycles. The fourth-order valence-electron chi connectivity index (χ4n) is 17.2. The normalized spacial score (nSPS) is 13.8. The number of aliphatic hydroxyl groups is 1. The number of aromatic nitrogens is 8. The summed E-state index contributed by atoms with van der Waals surface area (Å²) in [5.41, 5.74) is 30.0. The predicted molar refractivity (Wildman–Crippen MR) is 488 cm³/mol. The molecule has 2 N–H and O–H groups in total. The van der Waals surface area contributed by atoms with E-state index in [1.165, 1.54) is 109 Å². The molecule has 0 unspecified atom stereocenters. The van der Waals surface area contributed by atoms with Crippen LogP contribution in [0, 0.1) is 12.1 Å². The summed E-state index contributed by atoms with van der Waals surface area (Å²) >= 11 is 0.